The van der Waals surface area contributed by atoms with E-state index in [0.717, 1.165) is 0 Å². The molecule has 0 radical (unpaired) electrons. The number of benzene rings is 2. The van der Waals surface area contributed by atoms with Gasteiger partial charge in [-0.3, -0.25) is 9.59 Å². The molecule has 0 bridgehead atoms. The van der Waals surface area contributed by atoms with Crippen LogP contribution in [0.4, 0.5) is 0 Å². The molecule has 0 aliphatic carbocycles. The Morgan fingerprint density at radius 2 is 1.90 bits per heavy atom. The maximum atomic E-state index is 12.3. The number of sulfonamides is 1. The van der Waals surface area contributed by atoms with Crippen LogP contribution >= 0.6 is 0 Å². The molecule has 0 aliphatic rings. The quantitative estimate of drug-likeness (QED) is 0.460. The fraction of sp³-hybridized carbons (Fsp3) is 0.111. The zero-order chi connectivity index (χ0) is 20.6. The molecule has 0 amide bonds. The first-order valence-electron chi connectivity index (χ1n) is 8.46. The molecule has 2 heterocycles. The van der Waals surface area contributed by atoms with Crippen LogP contribution in [0.25, 0.3) is 22.4 Å². The molecule has 0 spiro atoms. The van der Waals surface area contributed by atoms with Crippen molar-refractivity contribution in [1.82, 2.24) is 24.4 Å². The van der Waals surface area contributed by atoms with E-state index in [2.05, 4.69) is 19.8 Å². The van der Waals surface area contributed by atoms with Crippen molar-refractivity contribution in [3.05, 3.63) is 75.1 Å². The number of aromatic amines is 1. The summed E-state index contributed by atoms with van der Waals surface area (Å²) in [5.74, 6) is 0.295. The van der Waals surface area contributed by atoms with Crippen LogP contribution in [-0.4, -0.2) is 28.1 Å². The van der Waals surface area contributed by atoms with Gasteiger partial charge in [-0.05, 0) is 30.3 Å². The number of H-pyrrole nitrogens is 1. The van der Waals surface area contributed by atoms with Crippen molar-refractivity contribution in [3.63, 3.8) is 0 Å². The Labute approximate surface area is 163 Å². The van der Waals surface area contributed by atoms with Gasteiger partial charge in [0.2, 0.25) is 21.7 Å². The van der Waals surface area contributed by atoms with Crippen LogP contribution in [0.3, 0.4) is 0 Å². The highest BCUT2D eigenvalue weighted by molar-refractivity contribution is 7.89. The second-order valence-corrected chi connectivity index (χ2v) is 7.97. The molecular weight excluding hydrogens is 398 g/mol. The largest absolute Gasteiger partial charge is 0.338 e. The molecule has 0 saturated carbocycles. The van der Waals surface area contributed by atoms with E-state index in [1.807, 2.05) is 0 Å². The molecule has 4 rings (SSSR count). The van der Waals surface area contributed by atoms with E-state index in [9.17, 15) is 18.0 Å². The van der Waals surface area contributed by atoms with E-state index in [4.69, 9.17) is 4.52 Å². The van der Waals surface area contributed by atoms with Gasteiger partial charge in [-0.1, -0.05) is 23.4 Å². The van der Waals surface area contributed by atoms with Crippen LogP contribution in [0.15, 0.2) is 67.5 Å². The van der Waals surface area contributed by atoms with E-state index in [0.29, 0.717) is 16.6 Å². The van der Waals surface area contributed by atoms with Gasteiger partial charge >= 0.3 is 11.1 Å². The highest BCUT2D eigenvalue weighted by Crippen LogP contribution is 2.20. The zero-order valence-corrected chi connectivity index (χ0v) is 15.9. The second kappa shape index (κ2) is 7.11. The van der Waals surface area contributed by atoms with Crippen molar-refractivity contribution in [1.29, 1.82) is 0 Å². The molecule has 0 atom stereocenters. The third-order valence-corrected chi connectivity index (χ3v) is 5.72. The summed E-state index contributed by atoms with van der Waals surface area (Å²) < 4.78 is 33.3. The minimum Gasteiger partial charge on any atom is -0.338 e. The second-order valence-electron chi connectivity index (χ2n) is 6.20. The fourth-order valence-corrected chi connectivity index (χ4v) is 3.78. The van der Waals surface area contributed by atoms with Crippen LogP contribution in [0.5, 0.6) is 0 Å². The number of rotatable bonds is 5. The van der Waals surface area contributed by atoms with E-state index >= 15 is 0 Å². The molecule has 0 saturated heterocycles. The van der Waals surface area contributed by atoms with Gasteiger partial charge in [0.15, 0.2) is 0 Å². The maximum Gasteiger partial charge on any atom is 0.316 e. The Morgan fingerprint density at radius 3 is 2.66 bits per heavy atom. The van der Waals surface area contributed by atoms with Gasteiger partial charge < -0.3 is 14.1 Å². The zero-order valence-electron chi connectivity index (χ0n) is 15.1. The first-order chi connectivity index (χ1) is 13.8. The van der Waals surface area contributed by atoms with Gasteiger partial charge in [-0.2, -0.15) is 4.98 Å². The lowest BCUT2D eigenvalue weighted by Crippen LogP contribution is -2.34. The first kappa shape index (κ1) is 18.8. The Bertz CT molecular complexity index is 1420. The van der Waals surface area contributed by atoms with Crippen LogP contribution in [0.2, 0.25) is 0 Å². The fourth-order valence-electron chi connectivity index (χ4n) is 2.79. The Balaban J connectivity index is 1.59. The first-order valence-corrected chi connectivity index (χ1v) is 9.94. The number of hydrogen-bond donors (Lipinski definition) is 2. The number of aryl methyl sites for hydroxylation is 1. The lowest BCUT2D eigenvalue weighted by molar-refractivity contribution is 0.376. The topological polar surface area (TPSA) is 140 Å². The molecule has 2 aromatic carbocycles. The molecule has 2 aromatic heterocycles. The van der Waals surface area contributed by atoms with Crippen molar-refractivity contribution in [2.24, 2.45) is 7.05 Å². The highest BCUT2D eigenvalue weighted by Gasteiger charge is 2.16. The summed E-state index contributed by atoms with van der Waals surface area (Å²) in [6.45, 7) is -0.177. The Morgan fingerprint density at radius 1 is 1.14 bits per heavy atom. The van der Waals surface area contributed by atoms with Crippen LogP contribution in [0.1, 0.15) is 5.89 Å². The number of nitrogens with one attached hydrogen (secondary N) is 2. The van der Waals surface area contributed by atoms with E-state index in [1.54, 1.807) is 36.4 Å². The van der Waals surface area contributed by atoms with E-state index in [1.165, 1.54) is 23.7 Å². The Kier molecular flexibility index (Phi) is 4.60. The third-order valence-electron chi connectivity index (χ3n) is 4.30. The standard InChI is InChI=1S/C18H15N5O5S/c1-23-14-8-7-11(9-13(14)20-17(24)18(23)25)16-21-15(28-22-16)10-19-29(26,27)12-5-3-2-4-6-12/h2-9,19H,10H2,1H3,(H,20,24). The van der Waals surface area contributed by atoms with Crippen molar-refractivity contribution in [3.8, 4) is 11.4 Å². The van der Waals surface area contributed by atoms with Crippen molar-refractivity contribution >= 4 is 21.1 Å². The highest BCUT2D eigenvalue weighted by atomic mass is 32.2. The molecule has 148 valence electrons. The smallest absolute Gasteiger partial charge is 0.316 e. The van der Waals surface area contributed by atoms with Gasteiger partial charge in [0.05, 0.1) is 22.5 Å². The minimum absolute atomic E-state index is 0.0774. The SMILES string of the molecule is Cn1c(=O)c(=O)[nH]c2cc(-c3noc(CNS(=O)(=O)c4ccccc4)n3)ccc21. The van der Waals surface area contributed by atoms with Crippen LogP contribution < -0.4 is 15.8 Å². The molecular formula is C18H15N5O5S. The lowest BCUT2D eigenvalue weighted by Gasteiger charge is -2.04. The molecule has 10 nitrogen and oxygen atoms in total. The summed E-state index contributed by atoms with van der Waals surface area (Å²) in [6, 6.07) is 12.9. The molecule has 0 aliphatic heterocycles. The normalized spacial score (nSPS) is 11.8. The summed E-state index contributed by atoms with van der Waals surface area (Å²) in [4.78, 5) is 30.2. The van der Waals surface area contributed by atoms with Gasteiger partial charge in [0.1, 0.15) is 0 Å². The summed E-state index contributed by atoms with van der Waals surface area (Å²) in [5, 5.41) is 3.85. The van der Waals surface area contributed by atoms with Gasteiger partial charge in [0.25, 0.3) is 0 Å². The Hall–Kier alpha value is -3.57. The summed E-state index contributed by atoms with van der Waals surface area (Å²) in [6.07, 6.45) is 0. The van der Waals surface area contributed by atoms with Crippen LogP contribution in [0, 0.1) is 0 Å². The summed E-state index contributed by atoms with van der Waals surface area (Å²) >= 11 is 0. The number of aromatic nitrogens is 4. The average molecular weight is 413 g/mol. The predicted octanol–water partition coefficient (Wildman–Crippen LogP) is 0.755. The number of hydrogen-bond acceptors (Lipinski definition) is 7. The van der Waals surface area contributed by atoms with E-state index in [-0.39, 0.29) is 23.2 Å². The number of nitrogens with zero attached hydrogens (tertiary/aromatic N) is 3. The monoisotopic (exact) mass is 413 g/mol. The molecule has 0 fully saturated rings. The average Bonchev–Trinajstić information content (AvgIpc) is 3.20. The van der Waals surface area contributed by atoms with Gasteiger partial charge in [0, 0.05) is 12.6 Å². The van der Waals surface area contributed by atoms with Crippen molar-refractivity contribution < 1.29 is 12.9 Å². The predicted molar refractivity (Wildman–Crippen MR) is 104 cm³/mol. The third kappa shape index (κ3) is 3.60. The minimum atomic E-state index is -3.71. The summed E-state index contributed by atoms with van der Waals surface area (Å²) in [7, 11) is -2.20. The van der Waals surface area contributed by atoms with Crippen LogP contribution in [-0.2, 0) is 23.6 Å². The molecule has 4 aromatic rings. The van der Waals surface area contributed by atoms with Gasteiger partial charge in [-0.25, -0.2) is 13.1 Å². The van der Waals surface area contributed by atoms with Crippen molar-refractivity contribution in [2.45, 2.75) is 11.4 Å². The summed E-state index contributed by atoms with van der Waals surface area (Å²) in [5.41, 5.74) is 0.121. The van der Waals surface area contributed by atoms with Gasteiger partial charge in [-0.15, -0.1) is 0 Å². The number of fused-ring (bicyclic) bond motifs is 1. The maximum absolute atomic E-state index is 12.3. The molecule has 11 heteroatoms. The van der Waals surface area contributed by atoms with Crippen molar-refractivity contribution in [2.75, 3.05) is 0 Å². The molecule has 2 N–H and O–H groups in total. The van der Waals surface area contributed by atoms with E-state index < -0.39 is 21.1 Å². The molecule has 29 heavy (non-hydrogen) atoms. The molecule has 0 unspecified atom stereocenters. The lowest BCUT2D eigenvalue weighted by atomic mass is 10.2.